The fourth-order valence-corrected chi connectivity index (χ4v) is 2.80. The first kappa shape index (κ1) is 13.8. The van der Waals surface area contributed by atoms with Crippen LogP contribution in [0.1, 0.15) is 20.8 Å². The summed E-state index contributed by atoms with van der Waals surface area (Å²) in [5.74, 6) is 0.315. The van der Waals surface area contributed by atoms with E-state index in [1.54, 1.807) is 0 Å². The Morgan fingerprint density at radius 3 is 2.67 bits per heavy atom. The van der Waals surface area contributed by atoms with E-state index in [9.17, 15) is 4.79 Å². The maximum absolute atomic E-state index is 12.2. The lowest BCUT2D eigenvalue weighted by atomic mass is 9.89. The number of carbonyl (C=O) groups is 1. The molecule has 0 aromatic carbocycles. The Kier molecular flexibility index (Phi) is 4.59. The van der Waals surface area contributed by atoms with E-state index in [1.165, 1.54) is 0 Å². The van der Waals surface area contributed by atoms with Gasteiger partial charge in [0, 0.05) is 19.6 Å². The smallest absolute Gasteiger partial charge is 0.226 e. The van der Waals surface area contributed by atoms with Gasteiger partial charge >= 0.3 is 0 Å². The van der Waals surface area contributed by atoms with Gasteiger partial charge < -0.3 is 20.1 Å². The Bertz CT molecular complexity index is 292. The summed E-state index contributed by atoms with van der Waals surface area (Å²) in [6, 6.07) is 0. The normalized spacial score (nSPS) is 40.7. The first-order valence-corrected chi connectivity index (χ1v) is 6.85. The molecular formula is C13H24N2O3. The average molecular weight is 256 g/mol. The molecule has 2 saturated heterocycles. The SMILES string of the molecule is CC1OC(C)C(C(=O)NCC2CNCCO2)C1C. The van der Waals surface area contributed by atoms with Crippen LogP contribution in [0.5, 0.6) is 0 Å². The second-order valence-electron chi connectivity index (χ2n) is 5.37. The van der Waals surface area contributed by atoms with E-state index in [1.807, 2.05) is 13.8 Å². The fraction of sp³-hybridized carbons (Fsp3) is 0.923. The lowest BCUT2D eigenvalue weighted by Crippen LogP contribution is -2.47. The van der Waals surface area contributed by atoms with Crippen molar-refractivity contribution >= 4 is 5.91 Å². The number of hydrogen-bond donors (Lipinski definition) is 2. The van der Waals surface area contributed by atoms with Gasteiger partial charge in [0.15, 0.2) is 0 Å². The molecule has 0 aromatic heterocycles. The fourth-order valence-electron chi connectivity index (χ4n) is 2.80. The molecule has 1 amide bonds. The van der Waals surface area contributed by atoms with Gasteiger partial charge in [0.2, 0.25) is 5.91 Å². The number of amides is 1. The molecule has 5 unspecified atom stereocenters. The predicted octanol–water partition coefficient (Wildman–Crippen LogP) is 0.151. The minimum Gasteiger partial charge on any atom is -0.374 e. The van der Waals surface area contributed by atoms with E-state index in [-0.39, 0.29) is 36.1 Å². The van der Waals surface area contributed by atoms with E-state index in [0.717, 1.165) is 19.7 Å². The molecule has 0 aliphatic carbocycles. The van der Waals surface area contributed by atoms with Crippen molar-refractivity contribution < 1.29 is 14.3 Å². The number of nitrogens with one attached hydrogen (secondary N) is 2. The van der Waals surface area contributed by atoms with Gasteiger partial charge in [-0.25, -0.2) is 0 Å². The molecule has 5 nitrogen and oxygen atoms in total. The summed E-state index contributed by atoms with van der Waals surface area (Å²) in [5, 5.41) is 6.24. The van der Waals surface area contributed by atoms with Crippen molar-refractivity contribution in [2.75, 3.05) is 26.2 Å². The van der Waals surface area contributed by atoms with Crippen LogP contribution >= 0.6 is 0 Å². The summed E-state index contributed by atoms with van der Waals surface area (Å²) in [4.78, 5) is 12.2. The van der Waals surface area contributed by atoms with Crippen molar-refractivity contribution in [3.63, 3.8) is 0 Å². The third-order valence-corrected chi connectivity index (χ3v) is 4.05. The van der Waals surface area contributed by atoms with Gasteiger partial charge in [-0.1, -0.05) is 6.92 Å². The summed E-state index contributed by atoms with van der Waals surface area (Å²) in [6.07, 6.45) is 0.247. The topological polar surface area (TPSA) is 59.6 Å². The van der Waals surface area contributed by atoms with Gasteiger partial charge in [-0.2, -0.15) is 0 Å². The van der Waals surface area contributed by atoms with E-state index in [4.69, 9.17) is 9.47 Å². The van der Waals surface area contributed by atoms with Gasteiger partial charge in [0.05, 0.1) is 30.8 Å². The van der Waals surface area contributed by atoms with Crippen LogP contribution in [0.25, 0.3) is 0 Å². The zero-order valence-corrected chi connectivity index (χ0v) is 11.4. The van der Waals surface area contributed by atoms with Gasteiger partial charge in [-0.3, -0.25) is 4.79 Å². The maximum Gasteiger partial charge on any atom is 0.226 e. The van der Waals surface area contributed by atoms with Crippen LogP contribution in [-0.2, 0) is 14.3 Å². The molecule has 104 valence electrons. The Balaban J connectivity index is 1.80. The third-order valence-electron chi connectivity index (χ3n) is 4.05. The summed E-state index contributed by atoms with van der Waals surface area (Å²) >= 11 is 0. The molecule has 0 saturated carbocycles. The van der Waals surface area contributed by atoms with Crippen molar-refractivity contribution in [2.24, 2.45) is 11.8 Å². The molecule has 2 aliphatic heterocycles. The molecule has 2 rings (SSSR count). The molecule has 2 N–H and O–H groups in total. The van der Waals surface area contributed by atoms with Gasteiger partial charge in [-0.05, 0) is 19.8 Å². The molecule has 2 fully saturated rings. The lowest BCUT2D eigenvalue weighted by molar-refractivity contribution is -0.128. The number of carbonyl (C=O) groups excluding carboxylic acids is 1. The molecule has 0 aromatic rings. The zero-order valence-electron chi connectivity index (χ0n) is 11.4. The van der Waals surface area contributed by atoms with Crippen LogP contribution in [0.15, 0.2) is 0 Å². The Labute approximate surface area is 109 Å². The molecule has 5 atom stereocenters. The molecule has 2 heterocycles. The molecule has 5 heteroatoms. The van der Waals surface area contributed by atoms with Crippen LogP contribution in [0.4, 0.5) is 0 Å². The number of hydrogen-bond acceptors (Lipinski definition) is 4. The largest absolute Gasteiger partial charge is 0.374 e. The molecule has 18 heavy (non-hydrogen) atoms. The van der Waals surface area contributed by atoms with Gasteiger partial charge in [0.25, 0.3) is 0 Å². The molecule has 2 aliphatic rings. The van der Waals surface area contributed by atoms with E-state index >= 15 is 0 Å². The van der Waals surface area contributed by atoms with Crippen LogP contribution in [0.3, 0.4) is 0 Å². The van der Waals surface area contributed by atoms with Crippen LogP contribution < -0.4 is 10.6 Å². The minimum atomic E-state index is -0.0449. The van der Waals surface area contributed by atoms with Crippen molar-refractivity contribution in [1.29, 1.82) is 0 Å². The van der Waals surface area contributed by atoms with Crippen molar-refractivity contribution in [2.45, 2.75) is 39.1 Å². The molecule has 0 radical (unpaired) electrons. The van der Waals surface area contributed by atoms with Gasteiger partial charge in [-0.15, -0.1) is 0 Å². The third kappa shape index (κ3) is 3.02. The van der Waals surface area contributed by atoms with Crippen molar-refractivity contribution in [1.82, 2.24) is 10.6 Å². The zero-order chi connectivity index (χ0) is 13.1. The first-order chi connectivity index (χ1) is 8.59. The lowest BCUT2D eigenvalue weighted by Gasteiger charge is -2.25. The second kappa shape index (κ2) is 5.99. The van der Waals surface area contributed by atoms with Crippen molar-refractivity contribution in [3.05, 3.63) is 0 Å². The first-order valence-electron chi connectivity index (χ1n) is 6.85. The quantitative estimate of drug-likeness (QED) is 0.755. The molecule has 0 spiro atoms. The summed E-state index contributed by atoms with van der Waals surface area (Å²) in [5.41, 5.74) is 0. The monoisotopic (exact) mass is 256 g/mol. The van der Waals surface area contributed by atoms with Gasteiger partial charge in [0.1, 0.15) is 0 Å². The summed E-state index contributed by atoms with van der Waals surface area (Å²) in [6.45, 7) is 9.09. The summed E-state index contributed by atoms with van der Waals surface area (Å²) in [7, 11) is 0. The number of ether oxygens (including phenoxy) is 2. The number of morpholine rings is 1. The Hall–Kier alpha value is -0.650. The van der Waals surface area contributed by atoms with E-state index < -0.39 is 0 Å². The highest BCUT2D eigenvalue weighted by Gasteiger charge is 2.41. The summed E-state index contributed by atoms with van der Waals surface area (Å²) < 4.78 is 11.3. The predicted molar refractivity (Wildman–Crippen MR) is 68.3 cm³/mol. The Morgan fingerprint density at radius 1 is 1.33 bits per heavy atom. The number of rotatable bonds is 3. The highest BCUT2D eigenvalue weighted by molar-refractivity contribution is 5.79. The van der Waals surface area contributed by atoms with E-state index in [0.29, 0.717) is 6.54 Å². The van der Waals surface area contributed by atoms with E-state index in [2.05, 4.69) is 17.6 Å². The highest BCUT2D eigenvalue weighted by atomic mass is 16.5. The second-order valence-corrected chi connectivity index (χ2v) is 5.37. The maximum atomic E-state index is 12.2. The molecule has 0 bridgehead atoms. The standard InChI is InChI=1S/C13H24N2O3/c1-8-9(2)18-10(3)12(8)13(16)15-7-11-6-14-4-5-17-11/h8-12,14H,4-7H2,1-3H3,(H,15,16). The van der Waals surface area contributed by atoms with Crippen LogP contribution in [0, 0.1) is 11.8 Å². The average Bonchev–Trinajstić information content (AvgIpc) is 2.62. The minimum absolute atomic E-state index is 0.000370. The van der Waals surface area contributed by atoms with Crippen molar-refractivity contribution in [3.8, 4) is 0 Å². The Morgan fingerprint density at radius 2 is 2.11 bits per heavy atom. The molecular weight excluding hydrogens is 232 g/mol. The highest BCUT2D eigenvalue weighted by Crippen LogP contribution is 2.32. The van der Waals surface area contributed by atoms with Crippen LogP contribution in [0.2, 0.25) is 0 Å². The van der Waals surface area contributed by atoms with Crippen LogP contribution in [-0.4, -0.2) is 50.5 Å².